The van der Waals surface area contributed by atoms with Gasteiger partial charge in [0.15, 0.2) is 0 Å². The van der Waals surface area contributed by atoms with Crippen LogP contribution in [0, 0.1) is 10.8 Å². The molecule has 4 heteroatoms. The molecule has 0 saturated carbocycles. The van der Waals surface area contributed by atoms with E-state index in [1.54, 1.807) is 0 Å². The largest absolute Gasteiger partial charge is 0.384 e. The Morgan fingerprint density at radius 3 is 2.65 bits per heavy atom. The number of nitrogens with zero attached hydrogens (tertiary/aromatic N) is 1. The van der Waals surface area contributed by atoms with Crippen molar-refractivity contribution in [1.82, 2.24) is 0 Å². The highest BCUT2D eigenvalue weighted by Crippen LogP contribution is 2.36. The zero-order valence-electron chi connectivity index (χ0n) is 10.3. The molecule has 92 valence electrons. The minimum absolute atomic E-state index is 0.110. The van der Waals surface area contributed by atoms with Gasteiger partial charge < -0.3 is 10.6 Å². The Morgan fingerprint density at radius 2 is 2.18 bits per heavy atom. The second-order valence-electron chi connectivity index (χ2n) is 5.42. The summed E-state index contributed by atoms with van der Waals surface area (Å²) in [7, 11) is 0. The van der Waals surface area contributed by atoms with Crippen LogP contribution >= 0.6 is 15.9 Å². The van der Waals surface area contributed by atoms with Gasteiger partial charge in [0.05, 0.1) is 5.69 Å². The van der Waals surface area contributed by atoms with Crippen molar-refractivity contribution < 1.29 is 0 Å². The van der Waals surface area contributed by atoms with E-state index in [0.717, 1.165) is 23.1 Å². The smallest absolute Gasteiger partial charge is 0.122 e. The van der Waals surface area contributed by atoms with Gasteiger partial charge in [0.25, 0.3) is 0 Å². The topological polar surface area (TPSA) is 53.1 Å². The van der Waals surface area contributed by atoms with E-state index in [4.69, 9.17) is 11.1 Å². The minimum Gasteiger partial charge on any atom is -0.384 e. The molecule has 0 aromatic heterocycles. The number of hydrogen-bond donors (Lipinski definition) is 2. The van der Waals surface area contributed by atoms with Crippen LogP contribution < -0.4 is 10.6 Å². The van der Waals surface area contributed by atoms with Crippen molar-refractivity contribution in [3.05, 3.63) is 28.2 Å². The lowest BCUT2D eigenvalue weighted by atomic mass is 9.93. The third-order valence-electron chi connectivity index (χ3n) is 3.28. The van der Waals surface area contributed by atoms with Crippen LogP contribution in [0.3, 0.4) is 0 Å². The molecule has 1 aliphatic heterocycles. The standard InChI is InChI=1S/C13H18BrN3/c1-13(2)5-6-17(8-13)11-4-3-9(12(15)16)7-10(11)14/h3-4,7H,5-6,8H2,1-2H3,(H3,15,16). The zero-order valence-corrected chi connectivity index (χ0v) is 11.8. The number of rotatable bonds is 2. The second-order valence-corrected chi connectivity index (χ2v) is 6.27. The molecule has 1 aromatic carbocycles. The van der Waals surface area contributed by atoms with Crippen molar-refractivity contribution in [1.29, 1.82) is 5.41 Å². The fraction of sp³-hybridized carbons (Fsp3) is 0.462. The molecule has 0 bridgehead atoms. The van der Waals surface area contributed by atoms with Gasteiger partial charge in [-0.15, -0.1) is 0 Å². The number of anilines is 1. The van der Waals surface area contributed by atoms with E-state index >= 15 is 0 Å². The maximum atomic E-state index is 7.42. The van der Waals surface area contributed by atoms with E-state index in [0.29, 0.717) is 5.41 Å². The molecule has 1 saturated heterocycles. The maximum absolute atomic E-state index is 7.42. The highest BCUT2D eigenvalue weighted by molar-refractivity contribution is 9.10. The van der Waals surface area contributed by atoms with Crippen LogP contribution in [0.2, 0.25) is 0 Å². The van der Waals surface area contributed by atoms with Crippen molar-refractivity contribution in [2.75, 3.05) is 18.0 Å². The third-order valence-corrected chi connectivity index (χ3v) is 3.91. The summed E-state index contributed by atoms with van der Waals surface area (Å²) >= 11 is 3.57. The number of benzene rings is 1. The fourth-order valence-corrected chi connectivity index (χ4v) is 2.88. The van der Waals surface area contributed by atoms with Crippen LogP contribution in [0.4, 0.5) is 5.69 Å². The Morgan fingerprint density at radius 1 is 1.47 bits per heavy atom. The molecule has 0 spiro atoms. The fourth-order valence-electron chi connectivity index (χ4n) is 2.25. The molecular formula is C13H18BrN3. The third kappa shape index (κ3) is 2.63. The van der Waals surface area contributed by atoms with Gasteiger partial charge >= 0.3 is 0 Å². The first-order chi connectivity index (χ1) is 7.89. The molecule has 0 amide bonds. The molecule has 1 fully saturated rings. The monoisotopic (exact) mass is 295 g/mol. The van der Waals surface area contributed by atoms with Gasteiger partial charge in [-0.2, -0.15) is 0 Å². The Balaban J connectivity index is 2.26. The van der Waals surface area contributed by atoms with E-state index in [9.17, 15) is 0 Å². The van der Waals surface area contributed by atoms with E-state index in [1.807, 2.05) is 18.2 Å². The second kappa shape index (κ2) is 4.33. The summed E-state index contributed by atoms with van der Waals surface area (Å²) < 4.78 is 1.02. The van der Waals surface area contributed by atoms with Crippen molar-refractivity contribution in [3.8, 4) is 0 Å². The van der Waals surface area contributed by atoms with E-state index in [-0.39, 0.29) is 5.84 Å². The van der Waals surface area contributed by atoms with Crippen molar-refractivity contribution in [3.63, 3.8) is 0 Å². The van der Waals surface area contributed by atoms with Gasteiger partial charge in [-0.25, -0.2) is 0 Å². The van der Waals surface area contributed by atoms with Gasteiger partial charge in [-0.1, -0.05) is 13.8 Å². The maximum Gasteiger partial charge on any atom is 0.122 e. The Bertz CT molecular complexity index is 454. The normalized spacial score (nSPS) is 18.4. The summed E-state index contributed by atoms with van der Waals surface area (Å²) in [6.07, 6.45) is 1.22. The zero-order chi connectivity index (χ0) is 12.6. The minimum atomic E-state index is 0.110. The lowest BCUT2D eigenvalue weighted by Crippen LogP contribution is -2.23. The number of nitrogens with two attached hydrogens (primary N) is 1. The van der Waals surface area contributed by atoms with E-state index in [1.165, 1.54) is 12.1 Å². The Labute approximate surface area is 111 Å². The van der Waals surface area contributed by atoms with Crippen LogP contribution in [0.5, 0.6) is 0 Å². The van der Waals surface area contributed by atoms with Crippen LogP contribution in [0.1, 0.15) is 25.8 Å². The van der Waals surface area contributed by atoms with Gasteiger partial charge in [0.2, 0.25) is 0 Å². The molecular weight excluding hydrogens is 278 g/mol. The molecule has 2 rings (SSSR count). The Hall–Kier alpha value is -1.03. The molecule has 3 nitrogen and oxygen atoms in total. The van der Waals surface area contributed by atoms with Crippen LogP contribution in [-0.2, 0) is 0 Å². The van der Waals surface area contributed by atoms with E-state index in [2.05, 4.69) is 34.7 Å². The molecule has 0 atom stereocenters. The van der Waals surface area contributed by atoms with Crippen molar-refractivity contribution in [2.24, 2.45) is 11.1 Å². The van der Waals surface area contributed by atoms with Gasteiger partial charge in [0.1, 0.15) is 5.84 Å². The SMILES string of the molecule is CC1(C)CCN(c2ccc(C(=N)N)cc2Br)C1. The van der Waals surface area contributed by atoms with Crippen molar-refractivity contribution in [2.45, 2.75) is 20.3 Å². The summed E-state index contributed by atoms with van der Waals surface area (Å²) in [6.45, 7) is 6.76. The number of nitrogens with one attached hydrogen (secondary N) is 1. The molecule has 1 aliphatic rings. The summed E-state index contributed by atoms with van der Waals surface area (Å²) in [6, 6.07) is 5.87. The lowest BCUT2D eigenvalue weighted by Gasteiger charge is -2.23. The first-order valence-electron chi connectivity index (χ1n) is 5.78. The summed E-state index contributed by atoms with van der Waals surface area (Å²) in [4.78, 5) is 2.38. The summed E-state index contributed by atoms with van der Waals surface area (Å²) in [5.74, 6) is 0.110. The summed E-state index contributed by atoms with van der Waals surface area (Å²) in [5.41, 5.74) is 7.82. The van der Waals surface area contributed by atoms with Gasteiger partial charge in [-0.3, -0.25) is 5.41 Å². The predicted octanol–water partition coefficient (Wildman–Crippen LogP) is 2.97. The van der Waals surface area contributed by atoms with Crippen molar-refractivity contribution >= 4 is 27.5 Å². The lowest BCUT2D eigenvalue weighted by molar-refractivity contribution is 0.418. The molecule has 0 radical (unpaired) electrons. The Kier molecular flexibility index (Phi) is 3.17. The molecule has 3 N–H and O–H groups in total. The number of hydrogen-bond acceptors (Lipinski definition) is 2. The molecule has 1 aromatic rings. The number of halogens is 1. The van der Waals surface area contributed by atoms with Crippen LogP contribution in [0.25, 0.3) is 0 Å². The van der Waals surface area contributed by atoms with Crippen LogP contribution in [-0.4, -0.2) is 18.9 Å². The molecule has 1 heterocycles. The average Bonchev–Trinajstić information content (AvgIpc) is 2.58. The highest BCUT2D eigenvalue weighted by atomic mass is 79.9. The highest BCUT2D eigenvalue weighted by Gasteiger charge is 2.30. The average molecular weight is 296 g/mol. The first-order valence-corrected chi connectivity index (χ1v) is 6.57. The summed E-state index contributed by atoms with van der Waals surface area (Å²) in [5, 5.41) is 7.42. The molecule has 17 heavy (non-hydrogen) atoms. The van der Waals surface area contributed by atoms with E-state index < -0.39 is 0 Å². The number of nitrogen functional groups attached to an aromatic ring is 1. The quantitative estimate of drug-likeness (QED) is 0.651. The van der Waals surface area contributed by atoms with Gasteiger partial charge in [-0.05, 0) is 46.0 Å². The molecule has 0 aliphatic carbocycles. The number of amidine groups is 1. The van der Waals surface area contributed by atoms with Gasteiger partial charge in [0, 0.05) is 23.1 Å². The predicted molar refractivity (Wildman–Crippen MR) is 75.8 cm³/mol. The first kappa shape index (κ1) is 12.4. The molecule has 0 unspecified atom stereocenters. The van der Waals surface area contributed by atoms with Crippen LogP contribution in [0.15, 0.2) is 22.7 Å².